The fraction of sp³-hybridized carbons (Fsp3) is 0.765. The van der Waals surface area contributed by atoms with Gasteiger partial charge in [0.25, 0.3) is 0 Å². The number of nitrogens with zero attached hydrogens (tertiary/aromatic N) is 4. The predicted molar refractivity (Wildman–Crippen MR) is 103 cm³/mol. The lowest BCUT2D eigenvalue weighted by atomic mass is 9.95. The van der Waals surface area contributed by atoms with Gasteiger partial charge in [-0.2, -0.15) is 16.9 Å². The van der Waals surface area contributed by atoms with Gasteiger partial charge in [-0.15, -0.1) is 0 Å². The highest BCUT2D eigenvalue weighted by Gasteiger charge is 2.40. The molecule has 1 unspecified atom stereocenters. The first-order valence-corrected chi connectivity index (χ1v) is 10.3. The molecule has 0 spiro atoms. The van der Waals surface area contributed by atoms with Crippen molar-refractivity contribution >= 4 is 17.7 Å². The zero-order valence-electron chi connectivity index (χ0n) is 15.1. The summed E-state index contributed by atoms with van der Waals surface area (Å²) in [6, 6.07) is 1.96. The van der Waals surface area contributed by atoms with Gasteiger partial charge in [-0.3, -0.25) is 14.6 Å². The fourth-order valence-corrected chi connectivity index (χ4v) is 4.96. The van der Waals surface area contributed by atoms with E-state index in [0.29, 0.717) is 0 Å². The summed E-state index contributed by atoms with van der Waals surface area (Å²) >= 11 is 2.06. The van der Waals surface area contributed by atoms with Crippen LogP contribution in [0.5, 0.6) is 0 Å². The second-order valence-corrected chi connectivity index (χ2v) is 7.71. The van der Waals surface area contributed by atoms with Gasteiger partial charge in [-0.25, -0.2) is 0 Å². The molecule has 3 rings (SSSR count). The zero-order chi connectivity index (χ0) is 17.4. The van der Waals surface area contributed by atoms with E-state index in [0.717, 1.165) is 58.3 Å². The molecule has 8 heteroatoms. The van der Waals surface area contributed by atoms with Gasteiger partial charge >= 0.3 is 0 Å². The van der Waals surface area contributed by atoms with E-state index in [1.54, 1.807) is 0 Å². The standard InChI is InChI=1S/C17H30N6OS/c1-18-16(19-5-2-7-23-8-3-6-21-23)20-14-17(4-13-25-15-17)22-9-11-24-12-10-22/h3,6,8H,2,4-5,7,9-15H2,1H3,(H2,18,19,20). The molecule has 2 aliphatic heterocycles. The summed E-state index contributed by atoms with van der Waals surface area (Å²) in [5.41, 5.74) is 0.237. The van der Waals surface area contributed by atoms with E-state index in [1.165, 1.54) is 17.9 Å². The van der Waals surface area contributed by atoms with Gasteiger partial charge < -0.3 is 15.4 Å². The molecule has 1 aromatic heterocycles. The Balaban J connectivity index is 1.44. The Labute approximate surface area is 154 Å². The summed E-state index contributed by atoms with van der Waals surface area (Å²) in [5, 5.41) is 11.2. The molecule has 2 N–H and O–H groups in total. The molecule has 0 aromatic carbocycles. The van der Waals surface area contributed by atoms with E-state index in [4.69, 9.17) is 4.74 Å². The monoisotopic (exact) mass is 366 g/mol. The highest BCUT2D eigenvalue weighted by Crippen LogP contribution is 2.33. The van der Waals surface area contributed by atoms with E-state index < -0.39 is 0 Å². The molecular weight excluding hydrogens is 336 g/mol. The van der Waals surface area contributed by atoms with E-state index in [9.17, 15) is 0 Å². The van der Waals surface area contributed by atoms with Crippen LogP contribution >= 0.6 is 11.8 Å². The summed E-state index contributed by atoms with van der Waals surface area (Å²) < 4.78 is 7.49. The molecule has 2 fully saturated rings. The van der Waals surface area contributed by atoms with Crippen LogP contribution < -0.4 is 10.6 Å². The Hall–Kier alpha value is -1.25. The Kier molecular flexibility index (Phi) is 7.01. The number of guanidine groups is 1. The maximum absolute atomic E-state index is 5.54. The molecule has 7 nitrogen and oxygen atoms in total. The summed E-state index contributed by atoms with van der Waals surface area (Å²) in [6.07, 6.45) is 6.07. The third-order valence-corrected chi connectivity index (χ3v) is 6.22. The molecule has 3 heterocycles. The first-order valence-electron chi connectivity index (χ1n) is 9.15. The number of thioether (sulfide) groups is 1. The highest BCUT2D eigenvalue weighted by molar-refractivity contribution is 7.99. The normalized spacial score (nSPS) is 25.2. The van der Waals surface area contributed by atoms with Crippen molar-refractivity contribution in [3.05, 3.63) is 18.5 Å². The summed E-state index contributed by atoms with van der Waals surface area (Å²) in [6.45, 7) is 6.54. The summed E-state index contributed by atoms with van der Waals surface area (Å²) in [4.78, 5) is 7.00. The predicted octanol–water partition coefficient (Wildman–Crippen LogP) is 0.646. The smallest absolute Gasteiger partial charge is 0.191 e. The van der Waals surface area contributed by atoms with Crippen molar-refractivity contribution in [1.29, 1.82) is 0 Å². The number of hydrogen-bond donors (Lipinski definition) is 2. The average Bonchev–Trinajstić information content (AvgIpc) is 3.34. The minimum Gasteiger partial charge on any atom is -0.379 e. The van der Waals surface area contributed by atoms with E-state index in [1.807, 2.05) is 30.2 Å². The molecule has 0 saturated carbocycles. The zero-order valence-corrected chi connectivity index (χ0v) is 15.9. The number of hydrogen-bond acceptors (Lipinski definition) is 5. The molecule has 0 radical (unpaired) electrons. The van der Waals surface area contributed by atoms with Crippen LogP contribution in [0.15, 0.2) is 23.5 Å². The third kappa shape index (κ3) is 5.12. The second kappa shape index (κ2) is 9.45. The minimum atomic E-state index is 0.237. The van der Waals surface area contributed by atoms with Crippen molar-refractivity contribution in [2.24, 2.45) is 4.99 Å². The van der Waals surface area contributed by atoms with E-state index in [-0.39, 0.29) is 5.54 Å². The summed E-state index contributed by atoms with van der Waals surface area (Å²) in [7, 11) is 1.84. The minimum absolute atomic E-state index is 0.237. The van der Waals surface area contributed by atoms with Crippen LogP contribution in [-0.4, -0.2) is 84.1 Å². The lowest BCUT2D eigenvalue weighted by Gasteiger charge is -2.43. The highest BCUT2D eigenvalue weighted by atomic mass is 32.2. The van der Waals surface area contributed by atoms with Crippen LogP contribution in [-0.2, 0) is 11.3 Å². The number of aryl methyl sites for hydroxylation is 1. The van der Waals surface area contributed by atoms with Crippen LogP contribution in [0.3, 0.4) is 0 Å². The maximum Gasteiger partial charge on any atom is 0.191 e. The van der Waals surface area contributed by atoms with Gasteiger partial charge in [0.15, 0.2) is 5.96 Å². The first-order chi connectivity index (χ1) is 12.3. The van der Waals surface area contributed by atoms with Gasteiger partial charge in [0, 0.05) is 63.5 Å². The quantitative estimate of drug-likeness (QED) is 0.420. The van der Waals surface area contributed by atoms with Crippen molar-refractivity contribution < 1.29 is 4.74 Å². The topological polar surface area (TPSA) is 66.7 Å². The van der Waals surface area contributed by atoms with Crippen molar-refractivity contribution in [3.63, 3.8) is 0 Å². The number of morpholine rings is 1. The van der Waals surface area contributed by atoms with Crippen molar-refractivity contribution in [1.82, 2.24) is 25.3 Å². The molecule has 0 aliphatic carbocycles. The van der Waals surface area contributed by atoms with Gasteiger partial charge in [-0.1, -0.05) is 0 Å². The Bertz CT molecular complexity index is 523. The number of rotatable bonds is 7. The Morgan fingerprint density at radius 2 is 2.24 bits per heavy atom. The van der Waals surface area contributed by atoms with Crippen LogP contribution in [0.4, 0.5) is 0 Å². The lowest BCUT2D eigenvalue weighted by molar-refractivity contribution is -0.0120. The van der Waals surface area contributed by atoms with Crippen molar-refractivity contribution in [2.75, 3.05) is 57.9 Å². The maximum atomic E-state index is 5.54. The molecule has 25 heavy (non-hydrogen) atoms. The second-order valence-electron chi connectivity index (χ2n) is 6.60. The first kappa shape index (κ1) is 18.5. The molecule has 2 aliphatic rings. The molecule has 0 amide bonds. The largest absolute Gasteiger partial charge is 0.379 e. The molecule has 1 aromatic rings. The third-order valence-electron chi connectivity index (χ3n) is 4.99. The number of ether oxygens (including phenoxy) is 1. The van der Waals surface area contributed by atoms with Gasteiger partial charge in [0.2, 0.25) is 0 Å². The Morgan fingerprint density at radius 3 is 2.92 bits per heavy atom. The molecule has 2 saturated heterocycles. The average molecular weight is 367 g/mol. The molecule has 1 atom stereocenters. The van der Waals surface area contributed by atoms with E-state index in [2.05, 4.69) is 37.4 Å². The van der Waals surface area contributed by atoms with Crippen LogP contribution in [0.25, 0.3) is 0 Å². The van der Waals surface area contributed by atoms with E-state index >= 15 is 0 Å². The molecule has 0 bridgehead atoms. The van der Waals surface area contributed by atoms with Crippen LogP contribution in [0.2, 0.25) is 0 Å². The molecular formula is C17H30N6OS. The lowest BCUT2D eigenvalue weighted by Crippen LogP contribution is -2.60. The Morgan fingerprint density at radius 1 is 1.36 bits per heavy atom. The number of nitrogens with one attached hydrogen (secondary N) is 2. The van der Waals surface area contributed by atoms with Crippen molar-refractivity contribution in [2.45, 2.75) is 24.9 Å². The van der Waals surface area contributed by atoms with Crippen LogP contribution in [0, 0.1) is 0 Å². The fourth-order valence-electron chi connectivity index (χ4n) is 3.48. The SMILES string of the molecule is CN=C(NCCCn1cccn1)NCC1(N2CCOCC2)CCSC1. The molecule has 140 valence electrons. The summed E-state index contributed by atoms with van der Waals surface area (Å²) in [5.74, 6) is 3.33. The van der Waals surface area contributed by atoms with Crippen molar-refractivity contribution in [3.8, 4) is 0 Å². The number of aromatic nitrogens is 2. The van der Waals surface area contributed by atoms with Crippen LogP contribution in [0.1, 0.15) is 12.8 Å². The van der Waals surface area contributed by atoms with Gasteiger partial charge in [0.1, 0.15) is 0 Å². The van der Waals surface area contributed by atoms with Gasteiger partial charge in [-0.05, 0) is 24.7 Å². The van der Waals surface area contributed by atoms with Gasteiger partial charge in [0.05, 0.1) is 13.2 Å². The number of aliphatic imine (C=N–C) groups is 1.